The Kier molecular flexibility index (Phi) is 4.77. The van der Waals surface area contributed by atoms with Crippen molar-refractivity contribution in [1.82, 2.24) is 0 Å². The third kappa shape index (κ3) is 3.17. The minimum absolute atomic E-state index is 0.000571. The molecule has 0 bridgehead atoms. The summed E-state index contributed by atoms with van der Waals surface area (Å²) in [4.78, 5) is 0. The van der Waals surface area contributed by atoms with E-state index in [0.717, 1.165) is 12.0 Å². The maximum absolute atomic E-state index is 11.7. The first-order valence-electron chi connectivity index (χ1n) is 7.11. The Labute approximate surface area is 133 Å². The monoisotopic (exact) mass is 346 g/mol. The lowest BCUT2D eigenvalue weighted by Crippen LogP contribution is -2.23. The zero-order chi connectivity index (χ0) is 15.7. The predicted octanol–water partition coefficient (Wildman–Crippen LogP) is 1.31. The van der Waals surface area contributed by atoms with Gasteiger partial charge in [-0.1, -0.05) is 24.3 Å². The van der Waals surface area contributed by atoms with Crippen LogP contribution in [-0.2, 0) is 18.5 Å². The van der Waals surface area contributed by atoms with Crippen LogP contribution in [0.1, 0.15) is 36.2 Å². The number of aliphatic hydroxyl groups excluding tert-OH is 2. The molecule has 2 fully saturated rings. The third-order valence-electron chi connectivity index (χ3n) is 4.02. The van der Waals surface area contributed by atoms with Crippen molar-refractivity contribution >= 4 is 22.2 Å². The van der Waals surface area contributed by atoms with Crippen LogP contribution in [0.3, 0.4) is 0 Å². The first-order chi connectivity index (χ1) is 10.5. The van der Waals surface area contributed by atoms with Crippen LogP contribution in [-0.4, -0.2) is 42.3 Å². The Hall–Kier alpha value is -0.640. The Morgan fingerprint density at radius 2 is 1.68 bits per heavy atom. The molecule has 2 aliphatic rings. The van der Waals surface area contributed by atoms with Crippen LogP contribution in [0.25, 0.3) is 0 Å². The van der Waals surface area contributed by atoms with Gasteiger partial charge in [0, 0.05) is 0 Å². The summed E-state index contributed by atoms with van der Waals surface area (Å²) in [5, 5.41) is 19.6. The molecule has 2 aliphatic heterocycles. The Morgan fingerprint density at radius 3 is 2.18 bits per heavy atom. The molecule has 3 rings (SSSR count). The summed E-state index contributed by atoms with van der Waals surface area (Å²) in [5.74, 6) is 0. The zero-order valence-electron chi connectivity index (χ0n) is 11.8. The summed E-state index contributed by atoms with van der Waals surface area (Å²) < 4.78 is 33.2. The van der Waals surface area contributed by atoms with Crippen LogP contribution in [0.5, 0.6) is 0 Å². The standard InChI is InChI=1S/C14H18O6S2/c15-13(11-5-7-19-21-11)9-1-3-10(4-2-9)14(16)12-6-8-20-22(12,17)18/h1-4,11-16H,5-8H2. The molecule has 22 heavy (non-hydrogen) atoms. The summed E-state index contributed by atoms with van der Waals surface area (Å²) in [6.07, 6.45) is -0.697. The molecule has 4 unspecified atom stereocenters. The van der Waals surface area contributed by atoms with Gasteiger partial charge in [-0.2, -0.15) is 8.42 Å². The van der Waals surface area contributed by atoms with Gasteiger partial charge in [0.2, 0.25) is 0 Å². The van der Waals surface area contributed by atoms with Gasteiger partial charge in [-0.05, 0) is 36.0 Å². The van der Waals surface area contributed by atoms with Gasteiger partial charge in [0.25, 0.3) is 10.1 Å². The number of hydrogen-bond donors (Lipinski definition) is 2. The third-order valence-corrected chi connectivity index (χ3v) is 6.80. The Morgan fingerprint density at radius 1 is 1.05 bits per heavy atom. The highest BCUT2D eigenvalue weighted by atomic mass is 32.2. The van der Waals surface area contributed by atoms with E-state index in [1.165, 1.54) is 12.0 Å². The van der Waals surface area contributed by atoms with Crippen molar-refractivity contribution in [3.63, 3.8) is 0 Å². The second-order valence-corrected chi connectivity index (χ2v) is 8.30. The van der Waals surface area contributed by atoms with Crippen molar-refractivity contribution < 1.29 is 27.0 Å². The van der Waals surface area contributed by atoms with Crippen LogP contribution in [0.4, 0.5) is 0 Å². The van der Waals surface area contributed by atoms with Gasteiger partial charge in [0.15, 0.2) is 0 Å². The first kappa shape index (κ1) is 16.2. The van der Waals surface area contributed by atoms with Gasteiger partial charge < -0.3 is 14.4 Å². The van der Waals surface area contributed by atoms with Crippen molar-refractivity contribution in [3.05, 3.63) is 35.4 Å². The number of hydrogen-bond acceptors (Lipinski definition) is 7. The largest absolute Gasteiger partial charge is 0.387 e. The molecular formula is C14H18O6S2. The fourth-order valence-corrected chi connectivity index (χ4v) is 4.89. The van der Waals surface area contributed by atoms with Crippen LogP contribution in [0.2, 0.25) is 0 Å². The highest BCUT2D eigenvalue weighted by molar-refractivity contribution is 7.95. The van der Waals surface area contributed by atoms with E-state index in [9.17, 15) is 18.6 Å². The molecule has 0 aliphatic carbocycles. The molecular weight excluding hydrogens is 328 g/mol. The molecule has 2 heterocycles. The van der Waals surface area contributed by atoms with Crippen molar-refractivity contribution in [1.29, 1.82) is 0 Å². The van der Waals surface area contributed by atoms with Crippen molar-refractivity contribution in [2.24, 2.45) is 0 Å². The predicted molar refractivity (Wildman–Crippen MR) is 81.6 cm³/mol. The van der Waals surface area contributed by atoms with Gasteiger partial charge in [0.1, 0.15) is 5.25 Å². The molecule has 2 N–H and O–H groups in total. The van der Waals surface area contributed by atoms with Crippen molar-refractivity contribution in [2.45, 2.75) is 35.5 Å². The SMILES string of the molecule is O=S1(=O)OCCC1C(O)c1ccc(C(O)C2CCOS2)cc1. The van der Waals surface area contributed by atoms with Crippen molar-refractivity contribution in [2.75, 3.05) is 13.2 Å². The van der Waals surface area contributed by atoms with Crippen LogP contribution in [0.15, 0.2) is 24.3 Å². The lowest BCUT2D eigenvalue weighted by Gasteiger charge is -2.19. The summed E-state index contributed by atoms with van der Waals surface area (Å²) >= 11 is 1.28. The summed E-state index contributed by atoms with van der Waals surface area (Å²) in [5.41, 5.74) is 1.23. The van der Waals surface area contributed by atoms with Gasteiger partial charge in [-0.3, -0.25) is 4.18 Å². The van der Waals surface area contributed by atoms with E-state index in [2.05, 4.69) is 4.18 Å². The quantitative estimate of drug-likeness (QED) is 0.627. The fraction of sp³-hybridized carbons (Fsp3) is 0.571. The second kappa shape index (κ2) is 6.46. The molecule has 4 atom stereocenters. The molecule has 1 aromatic rings. The Balaban J connectivity index is 1.73. The van der Waals surface area contributed by atoms with E-state index in [1.807, 2.05) is 0 Å². The minimum atomic E-state index is -3.69. The molecule has 6 nitrogen and oxygen atoms in total. The normalized spacial score (nSPS) is 30.3. The highest BCUT2D eigenvalue weighted by Crippen LogP contribution is 2.35. The van der Waals surface area contributed by atoms with E-state index in [-0.39, 0.29) is 18.3 Å². The fourth-order valence-electron chi connectivity index (χ4n) is 2.71. The summed E-state index contributed by atoms with van der Waals surface area (Å²) in [6.45, 7) is 0.739. The van der Waals surface area contributed by atoms with Crippen LogP contribution >= 0.6 is 12.0 Å². The van der Waals surface area contributed by atoms with Crippen LogP contribution in [0, 0.1) is 0 Å². The molecule has 0 spiro atoms. The molecule has 2 saturated heterocycles. The number of rotatable bonds is 4. The highest BCUT2D eigenvalue weighted by Gasteiger charge is 2.39. The van der Waals surface area contributed by atoms with E-state index >= 15 is 0 Å². The van der Waals surface area contributed by atoms with Gasteiger partial charge in [-0.25, -0.2) is 0 Å². The molecule has 1 aromatic carbocycles. The van der Waals surface area contributed by atoms with E-state index in [4.69, 9.17) is 4.18 Å². The topological polar surface area (TPSA) is 93.1 Å². The minimum Gasteiger partial charge on any atom is -0.387 e. The molecule has 0 saturated carbocycles. The maximum atomic E-state index is 11.7. The molecule has 8 heteroatoms. The number of aliphatic hydroxyl groups is 2. The average Bonchev–Trinajstić information content (AvgIpc) is 3.15. The summed E-state index contributed by atoms with van der Waals surface area (Å²) in [7, 11) is -3.69. The first-order valence-corrected chi connectivity index (χ1v) is 9.39. The lowest BCUT2D eigenvalue weighted by molar-refractivity contribution is 0.168. The van der Waals surface area contributed by atoms with E-state index in [0.29, 0.717) is 12.2 Å². The molecule has 122 valence electrons. The Bertz CT molecular complexity index is 609. The zero-order valence-corrected chi connectivity index (χ0v) is 13.4. The van der Waals surface area contributed by atoms with Gasteiger partial charge in [0.05, 0.1) is 30.7 Å². The second-order valence-electron chi connectivity index (χ2n) is 5.44. The maximum Gasteiger partial charge on any atom is 0.273 e. The van der Waals surface area contributed by atoms with Gasteiger partial charge >= 0.3 is 0 Å². The van der Waals surface area contributed by atoms with E-state index < -0.39 is 27.6 Å². The average molecular weight is 346 g/mol. The summed E-state index contributed by atoms with van der Waals surface area (Å²) in [6, 6.07) is 6.73. The van der Waals surface area contributed by atoms with Gasteiger partial charge in [-0.15, -0.1) is 0 Å². The smallest absolute Gasteiger partial charge is 0.273 e. The van der Waals surface area contributed by atoms with Crippen molar-refractivity contribution in [3.8, 4) is 0 Å². The van der Waals surface area contributed by atoms with Crippen LogP contribution < -0.4 is 0 Å². The van der Waals surface area contributed by atoms with E-state index in [1.54, 1.807) is 24.3 Å². The lowest BCUT2D eigenvalue weighted by atomic mass is 9.99. The molecule has 0 amide bonds. The number of benzene rings is 1. The molecule has 0 radical (unpaired) electrons. The molecule has 0 aromatic heterocycles.